The van der Waals surface area contributed by atoms with Crippen LogP contribution in [0.5, 0.6) is 0 Å². The molecule has 0 aliphatic carbocycles. The van der Waals surface area contributed by atoms with E-state index in [0.29, 0.717) is 0 Å². The van der Waals surface area contributed by atoms with Crippen molar-refractivity contribution in [3.05, 3.63) is 0 Å². The fourth-order valence-electron chi connectivity index (χ4n) is 1.73. The maximum absolute atomic E-state index is 12.3. The number of alkyl carbamates (subject to hydrolysis) is 1. The third-order valence-corrected chi connectivity index (χ3v) is 2.56. The molecule has 1 aliphatic rings. The highest BCUT2D eigenvalue weighted by molar-refractivity contribution is 6.04. The van der Waals surface area contributed by atoms with Gasteiger partial charge >= 0.3 is 12.2 Å². The van der Waals surface area contributed by atoms with E-state index in [2.05, 4.69) is 10.3 Å². The normalized spacial score (nSPS) is 17.9. The average molecular weight is 343 g/mol. The lowest BCUT2D eigenvalue weighted by atomic mass is 10.2. The topological polar surface area (TPSA) is 135 Å². The van der Waals surface area contributed by atoms with Gasteiger partial charge in [-0.1, -0.05) is 0 Å². The summed E-state index contributed by atoms with van der Waals surface area (Å²) in [5, 5.41) is 2.35. The highest BCUT2D eigenvalue weighted by Gasteiger charge is 2.37. The van der Waals surface area contributed by atoms with Gasteiger partial charge in [0, 0.05) is 0 Å². The zero-order chi connectivity index (χ0) is 18.7. The minimum atomic E-state index is -0.951. The molecular formula is C14H25N5O5. The quantitative estimate of drug-likeness (QED) is 0.360. The molecule has 0 saturated carbocycles. The van der Waals surface area contributed by atoms with E-state index < -0.39 is 35.3 Å². The summed E-state index contributed by atoms with van der Waals surface area (Å²) >= 11 is 0. The molecule has 0 aromatic heterocycles. The monoisotopic (exact) mass is 343 g/mol. The molecule has 10 nitrogen and oxygen atoms in total. The summed E-state index contributed by atoms with van der Waals surface area (Å²) in [4.78, 5) is 40.9. The summed E-state index contributed by atoms with van der Waals surface area (Å²) < 4.78 is 10.4. The number of aliphatic imine (C=N–C) groups is 1. The van der Waals surface area contributed by atoms with Crippen molar-refractivity contribution in [2.75, 3.05) is 6.54 Å². The van der Waals surface area contributed by atoms with E-state index in [1.165, 1.54) is 0 Å². The fraction of sp³-hybridized carbons (Fsp3) is 0.714. The van der Waals surface area contributed by atoms with Gasteiger partial charge in [-0.3, -0.25) is 15.5 Å². The Labute approximate surface area is 140 Å². The van der Waals surface area contributed by atoms with Crippen LogP contribution in [0.15, 0.2) is 4.99 Å². The summed E-state index contributed by atoms with van der Waals surface area (Å²) in [6.45, 7) is 10.1. The molecule has 1 atom stereocenters. The summed E-state index contributed by atoms with van der Waals surface area (Å²) in [5.41, 5.74) is 0.482. The SMILES string of the molecule is CC(C)(C)OC(=O)NC1=N[C@H](C(=O)NN)CN1C(=O)OC(C)(C)C. The molecule has 1 heterocycles. The number of carbonyl (C=O) groups excluding carboxylic acids is 3. The van der Waals surface area contributed by atoms with Crippen molar-refractivity contribution in [2.24, 2.45) is 10.8 Å². The lowest BCUT2D eigenvalue weighted by molar-refractivity contribution is -0.122. The highest BCUT2D eigenvalue weighted by Crippen LogP contribution is 2.15. The van der Waals surface area contributed by atoms with E-state index in [0.717, 1.165) is 4.90 Å². The van der Waals surface area contributed by atoms with Crippen LogP contribution in [0.2, 0.25) is 0 Å². The molecule has 1 rings (SSSR count). The third-order valence-electron chi connectivity index (χ3n) is 2.56. The van der Waals surface area contributed by atoms with Crippen LogP contribution < -0.4 is 16.6 Å². The number of carbonyl (C=O) groups is 3. The van der Waals surface area contributed by atoms with E-state index in [1.807, 2.05) is 5.43 Å². The zero-order valence-electron chi connectivity index (χ0n) is 14.8. The Morgan fingerprint density at radius 3 is 2.12 bits per heavy atom. The Bertz CT molecular complexity index is 547. The number of ether oxygens (including phenoxy) is 2. The molecule has 4 N–H and O–H groups in total. The number of hydrazine groups is 1. The molecule has 24 heavy (non-hydrogen) atoms. The molecule has 10 heteroatoms. The van der Waals surface area contributed by atoms with Crippen LogP contribution in [0.4, 0.5) is 9.59 Å². The number of hydrogen-bond donors (Lipinski definition) is 3. The summed E-state index contributed by atoms with van der Waals surface area (Å²) in [5.74, 6) is 4.36. The predicted octanol–water partition coefficient (Wildman–Crippen LogP) is 0.476. The molecule has 0 radical (unpaired) electrons. The van der Waals surface area contributed by atoms with Crippen molar-refractivity contribution in [1.29, 1.82) is 0 Å². The molecule has 0 aromatic rings. The van der Waals surface area contributed by atoms with Crippen molar-refractivity contribution < 1.29 is 23.9 Å². The number of guanidine groups is 1. The van der Waals surface area contributed by atoms with Gasteiger partial charge in [0.25, 0.3) is 5.91 Å². The maximum atomic E-state index is 12.3. The number of hydrogen-bond acceptors (Lipinski definition) is 7. The van der Waals surface area contributed by atoms with Crippen LogP contribution in [0.25, 0.3) is 0 Å². The second kappa shape index (κ2) is 7.04. The van der Waals surface area contributed by atoms with Gasteiger partial charge < -0.3 is 9.47 Å². The number of nitrogens with two attached hydrogens (primary N) is 1. The van der Waals surface area contributed by atoms with Crippen molar-refractivity contribution in [3.63, 3.8) is 0 Å². The molecule has 0 spiro atoms. The maximum Gasteiger partial charge on any atom is 0.417 e. The lowest BCUT2D eigenvalue weighted by Crippen LogP contribution is -2.48. The number of nitrogens with one attached hydrogen (secondary N) is 2. The minimum absolute atomic E-state index is 0.108. The van der Waals surface area contributed by atoms with Gasteiger partial charge in [0.05, 0.1) is 6.54 Å². The van der Waals surface area contributed by atoms with E-state index in [4.69, 9.17) is 15.3 Å². The van der Waals surface area contributed by atoms with Crippen molar-refractivity contribution in [1.82, 2.24) is 15.6 Å². The van der Waals surface area contributed by atoms with Crippen LogP contribution in [0.3, 0.4) is 0 Å². The van der Waals surface area contributed by atoms with Gasteiger partial charge in [-0.15, -0.1) is 0 Å². The highest BCUT2D eigenvalue weighted by atomic mass is 16.6. The Hall–Kier alpha value is -2.36. The smallest absolute Gasteiger partial charge is 0.417 e. The third kappa shape index (κ3) is 6.03. The molecule has 136 valence electrons. The first kappa shape index (κ1) is 19.7. The van der Waals surface area contributed by atoms with E-state index >= 15 is 0 Å². The number of nitrogens with zero attached hydrogens (tertiary/aromatic N) is 2. The van der Waals surface area contributed by atoms with Gasteiger partial charge in [0.1, 0.15) is 11.2 Å². The van der Waals surface area contributed by atoms with Crippen LogP contribution in [-0.2, 0) is 14.3 Å². The number of amides is 3. The molecule has 3 amide bonds. The van der Waals surface area contributed by atoms with Crippen LogP contribution in [-0.4, -0.2) is 52.7 Å². The minimum Gasteiger partial charge on any atom is -0.444 e. The Balaban J connectivity index is 2.92. The van der Waals surface area contributed by atoms with Gasteiger partial charge in [-0.05, 0) is 41.5 Å². The molecule has 0 aromatic carbocycles. The van der Waals surface area contributed by atoms with E-state index in [-0.39, 0.29) is 12.5 Å². The Morgan fingerprint density at radius 2 is 1.67 bits per heavy atom. The largest absolute Gasteiger partial charge is 0.444 e. The lowest BCUT2D eigenvalue weighted by Gasteiger charge is -2.26. The first-order chi connectivity index (χ1) is 10.8. The second-order valence-electron chi connectivity index (χ2n) is 7.19. The molecule has 0 bridgehead atoms. The standard InChI is InChI=1S/C14H25N5O5/c1-13(2,3)23-11(21)17-10-16-8(9(20)18-15)7-19(10)12(22)24-14(4,5)6/h8H,7,15H2,1-6H3,(H,18,20)(H,16,17,21)/t8-/m0/s1. The Kier molecular flexibility index (Phi) is 5.77. The average Bonchev–Trinajstić information content (AvgIpc) is 2.77. The zero-order valence-corrected chi connectivity index (χ0v) is 14.8. The van der Waals surface area contributed by atoms with Crippen LogP contribution in [0, 0.1) is 0 Å². The van der Waals surface area contributed by atoms with Crippen molar-refractivity contribution >= 4 is 24.1 Å². The number of rotatable bonds is 1. The first-order valence-corrected chi connectivity index (χ1v) is 7.41. The summed E-state index contributed by atoms with van der Waals surface area (Å²) in [6, 6.07) is -0.951. The molecule has 0 unspecified atom stereocenters. The van der Waals surface area contributed by atoms with E-state index in [1.54, 1.807) is 41.5 Å². The molecular weight excluding hydrogens is 318 g/mol. The van der Waals surface area contributed by atoms with Gasteiger partial charge in [-0.2, -0.15) is 0 Å². The van der Waals surface area contributed by atoms with Gasteiger partial charge in [-0.25, -0.2) is 25.3 Å². The summed E-state index contributed by atoms with van der Waals surface area (Å²) in [7, 11) is 0. The van der Waals surface area contributed by atoms with Crippen LogP contribution in [0.1, 0.15) is 41.5 Å². The summed E-state index contributed by atoms with van der Waals surface area (Å²) in [6.07, 6.45) is -1.55. The Morgan fingerprint density at radius 1 is 1.12 bits per heavy atom. The van der Waals surface area contributed by atoms with Gasteiger partial charge in [0.15, 0.2) is 6.04 Å². The first-order valence-electron chi connectivity index (χ1n) is 7.41. The predicted molar refractivity (Wildman–Crippen MR) is 85.9 cm³/mol. The fourth-order valence-corrected chi connectivity index (χ4v) is 1.73. The second-order valence-corrected chi connectivity index (χ2v) is 7.19. The van der Waals surface area contributed by atoms with Crippen LogP contribution >= 0.6 is 0 Å². The molecule has 1 aliphatic heterocycles. The van der Waals surface area contributed by atoms with Gasteiger partial charge in [0.2, 0.25) is 5.96 Å². The van der Waals surface area contributed by atoms with Crippen molar-refractivity contribution in [3.8, 4) is 0 Å². The van der Waals surface area contributed by atoms with Crippen molar-refractivity contribution in [2.45, 2.75) is 58.8 Å². The molecule has 0 fully saturated rings. The van der Waals surface area contributed by atoms with E-state index in [9.17, 15) is 14.4 Å². The molecule has 0 saturated heterocycles.